The van der Waals surface area contributed by atoms with Gasteiger partial charge in [0.25, 0.3) is 0 Å². The number of hydrogen-bond acceptors (Lipinski definition) is 2. The Morgan fingerprint density at radius 3 is 2.44 bits per heavy atom. The van der Waals surface area contributed by atoms with Gasteiger partial charge in [0.05, 0.1) is 0 Å². The summed E-state index contributed by atoms with van der Waals surface area (Å²) in [6.07, 6.45) is 9.87. The van der Waals surface area contributed by atoms with E-state index in [1.54, 1.807) is 0 Å². The molecule has 0 radical (unpaired) electrons. The van der Waals surface area contributed by atoms with Crippen LogP contribution in [0, 0.1) is 5.92 Å². The number of unbranched alkanes of at least 4 members (excludes halogenated alkanes) is 1. The Morgan fingerprint density at radius 2 is 1.81 bits per heavy atom. The molecule has 2 nitrogen and oxygen atoms in total. The average molecular weight is 224 g/mol. The molecular formula is C14H28N2. The van der Waals surface area contributed by atoms with E-state index in [4.69, 9.17) is 0 Å². The van der Waals surface area contributed by atoms with Gasteiger partial charge < -0.3 is 10.2 Å². The van der Waals surface area contributed by atoms with Crippen molar-refractivity contribution in [3.8, 4) is 0 Å². The third-order valence-corrected chi connectivity index (χ3v) is 4.32. The van der Waals surface area contributed by atoms with Gasteiger partial charge in [0, 0.05) is 6.04 Å². The lowest BCUT2D eigenvalue weighted by molar-refractivity contribution is 0.189. The summed E-state index contributed by atoms with van der Waals surface area (Å²) in [5, 5.41) is 3.65. The lowest BCUT2D eigenvalue weighted by Gasteiger charge is -2.30. The normalized spacial score (nSPS) is 24.6. The molecule has 2 heteroatoms. The Kier molecular flexibility index (Phi) is 5.11. The highest BCUT2D eigenvalue weighted by molar-refractivity contribution is 4.76. The lowest BCUT2D eigenvalue weighted by Crippen LogP contribution is -2.36. The van der Waals surface area contributed by atoms with Crippen LogP contribution < -0.4 is 5.32 Å². The first-order valence-electron chi connectivity index (χ1n) is 7.30. The SMILES string of the molecule is CC1CCN(CCCCNC2CCC2)CC1. The molecule has 16 heavy (non-hydrogen) atoms. The first-order chi connectivity index (χ1) is 7.84. The molecule has 0 atom stereocenters. The first kappa shape index (κ1) is 12.4. The molecule has 94 valence electrons. The van der Waals surface area contributed by atoms with Crippen molar-refractivity contribution in [2.24, 2.45) is 5.92 Å². The molecule has 0 aromatic rings. The highest BCUT2D eigenvalue weighted by Gasteiger charge is 2.16. The van der Waals surface area contributed by atoms with Crippen molar-refractivity contribution in [2.75, 3.05) is 26.2 Å². The Morgan fingerprint density at radius 1 is 1.06 bits per heavy atom. The second-order valence-electron chi connectivity index (χ2n) is 5.81. The Hall–Kier alpha value is -0.0800. The summed E-state index contributed by atoms with van der Waals surface area (Å²) >= 11 is 0. The van der Waals surface area contributed by atoms with Crippen molar-refractivity contribution < 1.29 is 0 Å². The second kappa shape index (κ2) is 6.61. The molecule has 1 heterocycles. The zero-order chi connectivity index (χ0) is 11.2. The van der Waals surface area contributed by atoms with Crippen LogP contribution in [0.3, 0.4) is 0 Å². The Balaban J connectivity index is 1.42. The third kappa shape index (κ3) is 4.06. The van der Waals surface area contributed by atoms with Gasteiger partial charge in [-0.2, -0.15) is 0 Å². The van der Waals surface area contributed by atoms with Crippen molar-refractivity contribution in [3.63, 3.8) is 0 Å². The van der Waals surface area contributed by atoms with E-state index >= 15 is 0 Å². The van der Waals surface area contributed by atoms with E-state index in [0.717, 1.165) is 12.0 Å². The van der Waals surface area contributed by atoms with E-state index in [2.05, 4.69) is 17.1 Å². The minimum absolute atomic E-state index is 0.871. The maximum absolute atomic E-state index is 3.65. The number of nitrogens with one attached hydrogen (secondary N) is 1. The summed E-state index contributed by atoms with van der Waals surface area (Å²) in [7, 11) is 0. The van der Waals surface area contributed by atoms with Crippen LogP contribution >= 0.6 is 0 Å². The van der Waals surface area contributed by atoms with Crippen LogP contribution in [0.15, 0.2) is 0 Å². The summed E-state index contributed by atoms with van der Waals surface area (Å²) in [6.45, 7) is 7.66. The second-order valence-corrected chi connectivity index (χ2v) is 5.81. The van der Waals surface area contributed by atoms with Gasteiger partial charge >= 0.3 is 0 Å². The van der Waals surface area contributed by atoms with Crippen molar-refractivity contribution in [1.29, 1.82) is 0 Å². The molecule has 0 amide bonds. The molecule has 0 aromatic heterocycles. The number of rotatable bonds is 6. The maximum atomic E-state index is 3.65. The minimum atomic E-state index is 0.871. The summed E-state index contributed by atoms with van der Waals surface area (Å²) in [5.74, 6) is 0.969. The molecule has 2 fully saturated rings. The lowest BCUT2D eigenvalue weighted by atomic mass is 9.93. The molecule has 1 N–H and O–H groups in total. The summed E-state index contributed by atoms with van der Waals surface area (Å²) < 4.78 is 0. The summed E-state index contributed by atoms with van der Waals surface area (Å²) in [5.41, 5.74) is 0. The van der Waals surface area contributed by atoms with Crippen LogP contribution in [0.2, 0.25) is 0 Å². The Labute approximate surface area is 101 Å². The molecule has 1 aliphatic carbocycles. The quantitative estimate of drug-likeness (QED) is 0.698. The van der Waals surface area contributed by atoms with Gasteiger partial charge in [0.2, 0.25) is 0 Å². The van der Waals surface area contributed by atoms with Crippen molar-refractivity contribution in [1.82, 2.24) is 10.2 Å². The van der Waals surface area contributed by atoms with Crippen LogP contribution in [0.5, 0.6) is 0 Å². The highest BCUT2D eigenvalue weighted by atomic mass is 15.1. The number of hydrogen-bond donors (Lipinski definition) is 1. The van der Waals surface area contributed by atoms with Crippen LogP contribution in [-0.4, -0.2) is 37.1 Å². The number of likely N-dealkylation sites (tertiary alicyclic amines) is 1. The van der Waals surface area contributed by atoms with Crippen molar-refractivity contribution in [3.05, 3.63) is 0 Å². The molecule has 2 rings (SSSR count). The predicted molar refractivity (Wildman–Crippen MR) is 69.7 cm³/mol. The average Bonchev–Trinajstić information content (AvgIpc) is 2.23. The zero-order valence-corrected chi connectivity index (χ0v) is 10.9. The van der Waals surface area contributed by atoms with Crippen LogP contribution in [0.1, 0.15) is 51.9 Å². The maximum Gasteiger partial charge on any atom is 0.00670 e. The van der Waals surface area contributed by atoms with Gasteiger partial charge in [0.15, 0.2) is 0 Å². The smallest absolute Gasteiger partial charge is 0.00670 e. The fourth-order valence-electron chi connectivity index (χ4n) is 2.66. The van der Waals surface area contributed by atoms with Gasteiger partial charge in [-0.05, 0) is 70.6 Å². The molecule has 1 saturated heterocycles. The standard InChI is InChI=1S/C14H28N2/c1-13-7-11-16(12-8-13)10-3-2-9-15-14-5-4-6-14/h13-15H,2-12H2,1H3. The Bertz CT molecular complexity index is 181. The van der Waals surface area contributed by atoms with E-state index in [9.17, 15) is 0 Å². The highest BCUT2D eigenvalue weighted by Crippen LogP contribution is 2.18. The largest absolute Gasteiger partial charge is 0.314 e. The predicted octanol–water partition coefficient (Wildman–Crippen LogP) is 2.64. The molecule has 1 aliphatic heterocycles. The molecule has 0 aromatic carbocycles. The summed E-state index contributed by atoms with van der Waals surface area (Å²) in [6, 6.07) is 0.871. The van der Waals surface area contributed by atoms with E-state index in [1.165, 1.54) is 71.1 Å². The van der Waals surface area contributed by atoms with Gasteiger partial charge in [0.1, 0.15) is 0 Å². The number of nitrogens with zero attached hydrogens (tertiary/aromatic N) is 1. The molecule has 0 unspecified atom stereocenters. The van der Waals surface area contributed by atoms with Gasteiger partial charge in [-0.3, -0.25) is 0 Å². The molecule has 2 aliphatic rings. The van der Waals surface area contributed by atoms with Gasteiger partial charge in [-0.15, -0.1) is 0 Å². The molecule has 0 spiro atoms. The topological polar surface area (TPSA) is 15.3 Å². The fraction of sp³-hybridized carbons (Fsp3) is 1.00. The fourth-order valence-corrected chi connectivity index (χ4v) is 2.66. The van der Waals surface area contributed by atoms with E-state index < -0.39 is 0 Å². The van der Waals surface area contributed by atoms with Crippen molar-refractivity contribution in [2.45, 2.75) is 57.9 Å². The summed E-state index contributed by atoms with van der Waals surface area (Å²) in [4.78, 5) is 2.66. The molecule has 1 saturated carbocycles. The molecule has 0 bridgehead atoms. The first-order valence-corrected chi connectivity index (χ1v) is 7.30. The van der Waals surface area contributed by atoms with Gasteiger partial charge in [-0.25, -0.2) is 0 Å². The van der Waals surface area contributed by atoms with E-state index in [0.29, 0.717) is 0 Å². The van der Waals surface area contributed by atoms with E-state index in [-0.39, 0.29) is 0 Å². The van der Waals surface area contributed by atoms with Gasteiger partial charge in [-0.1, -0.05) is 13.3 Å². The minimum Gasteiger partial charge on any atom is -0.314 e. The number of piperidine rings is 1. The van der Waals surface area contributed by atoms with E-state index in [1.807, 2.05) is 0 Å². The monoisotopic (exact) mass is 224 g/mol. The zero-order valence-electron chi connectivity index (χ0n) is 10.9. The third-order valence-electron chi connectivity index (χ3n) is 4.32. The van der Waals surface area contributed by atoms with Crippen molar-refractivity contribution >= 4 is 0 Å². The molecular weight excluding hydrogens is 196 g/mol. The van der Waals surface area contributed by atoms with Crippen LogP contribution in [0.25, 0.3) is 0 Å². The van der Waals surface area contributed by atoms with Crippen LogP contribution in [-0.2, 0) is 0 Å². The van der Waals surface area contributed by atoms with Crippen LogP contribution in [0.4, 0.5) is 0 Å².